The Balaban J connectivity index is 3.04. The molecule has 11 nitrogen and oxygen atoms in total. The molecular weight excluding hydrogens is 482 g/mol. The minimum atomic E-state index is -2.54. The fourth-order valence-corrected chi connectivity index (χ4v) is 4.31. The minimum absolute atomic E-state index is 0.0659. The van der Waals surface area contributed by atoms with Gasteiger partial charge in [0.25, 0.3) is 0 Å². The first-order chi connectivity index (χ1) is 16.8. The molecule has 5 atom stereocenters. The second-order valence-corrected chi connectivity index (χ2v) is 9.30. The number of ether oxygens (including phenoxy) is 2. The van der Waals surface area contributed by atoms with Crippen LogP contribution in [-0.2, 0) is 9.47 Å². The summed E-state index contributed by atoms with van der Waals surface area (Å²) < 4.78 is 11.1. The summed E-state index contributed by atoms with van der Waals surface area (Å²) in [6, 6.07) is -1.01. The van der Waals surface area contributed by atoms with Crippen molar-refractivity contribution in [1.29, 1.82) is 0 Å². The lowest BCUT2D eigenvalue weighted by Crippen LogP contribution is -2.75. The molecule has 0 aromatic heterocycles. The minimum Gasteiger partial charge on any atom is -0.393 e. The van der Waals surface area contributed by atoms with Gasteiger partial charge in [0.2, 0.25) is 0 Å². The van der Waals surface area contributed by atoms with Gasteiger partial charge in [0, 0.05) is 19.0 Å². The van der Waals surface area contributed by atoms with Crippen LogP contribution in [0.4, 0.5) is 4.79 Å². The van der Waals surface area contributed by atoms with E-state index < -0.39 is 43.0 Å². The lowest BCUT2D eigenvalue weighted by molar-refractivity contribution is -0.358. The van der Waals surface area contributed by atoms with Crippen molar-refractivity contribution >= 4 is 17.6 Å². The number of unbranched alkanes of at least 4 members (excludes halogenated alkanes) is 8. The third-order valence-electron chi connectivity index (χ3n) is 6.27. The molecule has 1 saturated heterocycles. The topological polar surface area (TPSA) is 152 Å². The molecule has 0 spiro atoms. The Labute approximate surface area is 213 Å². The number of urea groups is 1. The fourth-order valence-electron chi connectivity index (χ4n) is 4.15. The van der Waals surface area contributed by atoms with Crippen LogP contribution in [0.2, 0.25) is 0 Å². The van der Waals surface area contributed by atoms with Crippen molar-refractivity contribution in [2.45, 2.75) is 108 Å². The van der Waals surface area contributed by atoms with Gasteiger partial charge in [-0.3, -0.25) is 4.90 Å². The van der Waals surface area contributed by atoms with Crippen molar-refractivity contribution in [2.75, 3.05) is 32.2 Å². The summed E-state index contributed by atoms with van der Waals surface area (Å²) in [5.41, 5.74) is -2.54. The number of nitrogens with zero attached hydrogens (tertiary/aromatic N) is 3. The standard InChI is InChI=1S/C23H44ClN3O8/c1-3-5-7-8-9-10-11-12-14-26(22(31)27(25-33)15-13-24)23(32)18(17-28)35-21(19(29)20(23)30)34-16-6-4-2/h18-21,28-30,32H,3-17H2,1-2H3/t18-,19-,20-,21+,23+/m1/s1. The first kappa shape index (κ1) is 31.9. The van der Waals surface area contributed by atoms with E-state index >= 15 is 0 Å². The highest BCUT2D eigenvalue weighted by Crippen LogP contribution is 2.35. The predicted octanol–water partition coefficient (Wildman–Crippen LogP) is 2.72. The van der Waals surface area contributed by atoms with Crippen molar-refractivity contribution in [1.82, 2.24) is 9.91 Å². The van der Waals surface area contributed by atoms with Crippen LogP contribution < -0.4 is 0 Å². The van der Waals surface area contributed by atoms with Crippen molar-refractivity contribution in [3.05, 3.63) is 4.91 Å². The molecule has 35 heavy (non-hydrogen) atoms. The number of halogens is 1. The van der Waals surface area contributed by atoms with Gasteiger partial charge in [-0.2, -0.15) is 5.01 Å². The number of carbonyl (C=O) groups is 1. The summed E-state index contributed by atoms with van der Waals surface area (Å²) in [7, 11) is 0. The molecule has 0 saturated carbocycles. The second-order valence-electron chi connectivity index (χ2n) is 8.92. The summed E-state index contributed by atoms with van der Waals surface area (Å²) >= 11 is 5.68. The van der Waals surface area contributed by atoms with E-state index in [1.807, 2.05) is 6.92 Å². The van der Waals surface area contributed by atoms with E-state index in [1.54, 1.807) is 0 Å². The predicted molar refractivity (Wildman–Crippen MR) is 132 cm³/mol. The summed E-state index contributed by atoms with van der Waals surface area (Å²) in [5, 5.41) is 46.3. The molecule has 1 heterocycles. The lowest BCUT2D eigenvalue weighted by atomic mass is 9.90. The van der Waals surface area contributed by atoms with Crippen LogP contribution in [-0.4, -0.2) is 98.9 Å². The molecule has 1 aliphatic rings. The Kier molecular flexibility index (Phi) is 15.9. The van der Waals surface area contributed by atoms with Gasteiger partial charge in [0.15, 0.2) is 12.0 Å². The SMILES string of the molecule is CCCCCCCCCCN(C(=O)N(CCCl)N=O)[C@@]1(O)[C@H](O)[C@@H](O)[C@@H](OCCCC)O[C@@H]1CO. The molecule has 1 rings (SSSR count). The first-order valence-electron chi connectivity index (χ1n) is 12.8. The van der Waals surface area contributed by atoms with Crippen LogP contribution in [0.15, 0.2) is 5.29 Å². The molecule has 0 aromatic carbocycles. The maximum Gasteiger partial charge on any atom is 0.345 e. The zero-order chi connectivity index (χ0) is 26.3. The van der Waals surface area contributed by atoms with Crippen molar-refractivity contribution in [3.63, 3.8) is 0 Å². The Hall–Kier alpha value is -1.08. The average Bonchev–Trinajstić information content (AvgIpc) is 2.86. The van der Waals surface area contributed by atoms with Gasteiger partial charge >= 0.3 is 6.03 Å². The zero-order valence-electron chi connectivity index (χ0n) is 21.1. The van der Waals surface area contributed by atoms with Crippen molar-refractivity contribution < 1.29 is 34.7 Å². The fraction of sp³-hybridized carbons (Fsp3) is 0.957. The number of hydrogen-bond donors (Lipinski definition) is 4. The summed E-state index contributed by atoms with van der Waals surface area (Å²) in [4.78, 5) is 25.3. The van der Waals surface area contributed by atoms with Gasteiger partial charge in [-0.1, -0.05) is 65.2 Å². The molecule has 1 fully saturated rings. The largest absolute Gasteiger partial charge is 0.393 e. The molecule has 12 heteroatoms. The van der Waals surface area contributed by atoms with Crippen LogP contribution in [0.5, 0.6) is 0 Å². The number of nitroso groups, excluding NO2 is 1. The van der Waals surface area contributed by atoms with Crippen molar-refractivity contribution in [3.8, 4) is 0 Å². The molecule has 0 radical (unpaired) electrons. The quantitative estimate of drug-likeness (QED) is 0.0700. The summed E-state index contributed by atoms with van der Waals surface area (Å²) in [6.45, 7) is 3.27. The lowest BCUT2D eigenvalue weighted by Gasteiger charge is -2.52. The maximum atomic E-state index is 13.2. The molecule has 0 bridgehead atoms. The number of alkyl halides is 1. The highest BCUT2D eigenvalue weighted by Gasteiger charge is 2.60. The van der Waals surface area contributed by atoms with Gasteiger partial charge in [0.1, 0.15) is 18.3 Å². The Bertz CT molecular complexity index is 601. The Morgan fingerprint density at radius 1 is 1.03 bits per heavy atom. The number of amides is 2. The maximum absolute atomic E-state index is 13.2. The third-order valence-corrected chi connectivity index (χ3v) is 6.44. The van der Waals surface area contributed by atoms with E-state index in [4.69, 9.17) is 21.1 Å². The van der Waals surface area contributed by atoms with Gasteiger partial charge in [-0.15, -0.1) is 16.5 Å². The van der Waals surface area contributed by atoms with E-state index in [2.05, 4.69) is 12.2 Å². The first-order valence-corrected chi connectivity index (χ1v) is 13.3. The highest BCUT2D eigenvalue weighted by atomic mass is 35.5. The molecule has 206 valence electrons. The van der Waals surface area contributed by atoms with Crippen LogP contribution >= 0.6 is 11.6 Å². The number of rotatable bonds is 18. The smallest absolute Gasteiger partial charge is 0.345 e. The number of carbonyl (C=O) groups excluding carboxylic acids is 1. The molecule has 0 aromatic rings. The normalized spacial score (nSPS) is 26.5. The Morgan fingerprint density at radius 2 is 1.63 bits per heavy atom. The third kappa shape index (κ3) is 9.07. The van der Waals surface area contributed by atoms with Gasteiger partial charge < -0.3 is 29.9 Å². The van der Waals surface area contributed by atoms with E-state index in [9.17, 15) is 30.1 Å². The van der Waals surface area contributed by atoms with Crippen LogP contribution in [0, 0.1) is 4.91 Å². The molecule has 0 aliphatic carbocycles. The molecule has 0 unspecified atom stereocenters. The number of aliphatic hydroxyl groups excluding tert-OH is 3. The monoisotopic (exact) mass is 525 g/mol. The average molecular weight is 526 g/mol. The highest BCUT2D eigenvalue weighted by molar-refractivity contribution is 6.18. The number of hydrogen-bond acceptors (Lipinski definition) is 9. The summed E-state index contributed by atoms with van der Waals surface area (Å²) in [5.74, 6) is -0.0834. The van der Waals surface area contributed by atoms with E-state index in [1.165, 1.54) is 12.8 Å². The van der Waals surface area contributed by atoms with Crippen LogP contribution in [0.1, 0.15) is 78.1 Å². The van der Waals surface area contributed by atoms with E-state index in [0.29, 0.717) is 17.9 Å². The zero-order valence-corrected chi connectivity index (χ0v) is 21.8. The Morgan fingerprint density at radius 3 is 2.17 bits per heavy atom. The second kappa shape index (κ2) is 17.4. The molecule has 4 N–H and O–H groups in total. The van der Waals surface area contributed by atoms with E-state index in [-0.39, 0.29) is 25.6 Å². The molecule has 1 aliphatic heterocycles. The van der Waals surface area contributed by atoms with Crippen LogP contribution in [0.3, 0.4) is 0 Å². The van der Waals surface area contributed by atoms with E-state index in [0.717, 1.165) is 43.4 Å². The van der Waals surface area contributed by atoms with Gasteiger partial charge in [-0.05, 0) is 12.8 Å². The van der Waals surface area contributed by atoms with Crippen molar-refractivity contribution in [2.24, 2.45) is 5.29 Å². The molecule has 2 amide bonds. The van der Waals surface area contributed by atoms with Gasteiger partial charge in [-0.25, -0.2) is 4.79 Å². The molecular formula is C23H44ClN3O8. The number of aliphatic hydroxyl groups is 4. The van der Waals surface area contributed by atoms with Gasteiger partial charge in [0.05, 0.1) is 18.4 Å². The summed E-state index contributed by atoms with van der Waals surface area (Å²) in [6.07, 6.45) is 2.81. The van der Waals surface area contributed by atoms with Crippen LogP contribution in [0.25, 0.3) is 0 Å².